The molecule has 1 heterocycles. The molecule has 1 N–H and O–H groups in total. The van der Waals surface area contributed by atoms with E-state index >= 15 is 0 Å². The summed E-state index contributed by atoms with van der Waals surface area (Å²) in [4.78, 5) is 4.30. The van der Waals surface area contributed by atoms with Crippen LogP contribution in [-0.4, -0.2) is 21.3 Å². The van der Waals surface area contributed by atoms with Crippen LogP contribution in [0.3, 0.4) is 0 Å². The molecule has 0 aliphatic heterocycles. The first-order chi connectivity index (χ1) is 9.63. The number of benzene rings is 1. The maximum Gasteiger partial charge on any atom is 0.138 e. The lowest BCUT2D eigenvalue weighted by molar-refractivity contribution is 0.506. The molecule has 1 atom stereocenters. The normalized spacial score (nSPS) is 12.6. The SMILES string of the molecule is CCNC(Cc1ncnn1CC)c1cc(C)cc(F)c1. The Balaban J connectivity index is 2.26. The molecule has 2 rings (SSSR count). The van der Waals surface area contributed by atoms with Crippen molar-refractivity contribution in [3.63, 3.8) is 0 Å². The predicted molar refractivity (Wildman–Crippen MR) is 77.0 cm³/mol. The van der Waals surface area contributed by atoms with E-state index in [9.17, 15) is 4.39 Å². The predicted octanol–water partition coefficient (Wildman–Crippen LogP) is 2.64. The van der Waals surface area contributed by atoms with Crippen molar-refractivity contribution in [1.82, 2.24) is 20.1 Å². The van der Waals surface area contributed by atoms with Crippen LogP contribution in [0.25, 0.3) is 0 Å². The molecular weight excluding hydrogens is 255 g/mol. The van der Waals surface area contributed by atoms with E-state index in [1.54, 1.807) is 18.5 Å². The largest absolute Gasteiger partial charge is 0.310 e. The molecule has 0 spiro atoms. The lowest BCUT2D eigenvalue weighted by Crippen LogP contribution is -2.24. The average molecular weight is 276 g/mol. The van der Waals surface area contributed by atoms with Gasteiger partial charge in [0, 0.05) is 19.0 Å². The second-order valence-electron chi connectivity index (χ2n) is 4.87. The van der Waals surface area contributed by atoms with Gasteiger partial charge in [0.2, 0.25) is 0 Å². The van der Waals surface area contributed by atoms with E-state index in [4.69, 9.17) is 0 Å². The van der Waals surface area contributed by atoms with Gasteiger partial charge in [-0.3, -0.25) is 4.68 Å². The van der Waals surface area contributed by atoms with Gasteiger partial charge in [-0.2, -0.15) is 5.10 Å². The number of nitrogens with one attached hydrogen (secondary N) is 1. The van der Waals surface area contributed by atoms with Crippen LogP contribution in [0.2, 0.25) is 0 Å². The number of hydrogen-bond donors (Lipinski definition) is 1. The Morgan fingerprint density at radius 1 is 1.30 bits per heavy atom. The second-order valence-corrected chi connectivity index (χ2v) is 4.87. The molecule has 2 aromatic rings. The van der Waals surface area contributed by atoms with Gasteiger partial charge in [-0.1, -0.05) is 13.0 Å². The highest BCUT2D eigenvalue weighted by atomic mass is 19.1. The monoisotopic (exact) mass is 276 g/mol. The number of hydrogen-bond acceptors (Lipinski definition) is 3. The van der Waals surface area contributed by atoms with Gasteiger partial charge in [0.05, 0.1) is 0 Å². The van der Waals surface area contributed by atoms with Crippen LogP contribution in [0.15, 0.2) is 24.5 Å². The molecule has 5 heteroatoms. The number of likely N-dealkylation sites (N-methyl/N-ethyl adjacent to an activating group) is 1. The molecule has 0 radical (unpaired) electrons. The zero-order valence-electron chi connectivity index (χ0n) is 12.2. The van der Waals surface area contributed by atoms with Gasteiger partial charge in [0.1, 0.15) is 18.0 Å². The summed E-state index contributed by atoms with van der Waals surface area (Å²) < 4.78 is 15.5. The van der Waals surface area contributed by atoms with Gasteiger partial charge < -0.3 is 5.32 Å². The summed E-state index contributed by atoms with van der Waals surface area (Å²) in [5, 5.41) is 7.58. The highest BCUT2D eigenvalue weighted by Gasteiger charge is 2.15. The Bertz CT molecular complexity index is 545. The third-order valence-corrected chi connectivity index (χ3v) is 3.30. The summed E-state index contributed by atoms with van der Waals surface area (Å²) in [6, 6.07) is 5.20. The minimum atomic E-state index is -0.195. The molecule has 4 nitrogen and oxygen atoms in total. The van der Waals surface area contributed by atoms with Crippen molar-refractivity contribution >= 4 is 0 Å². The minimum absolute atomic E-state index is 0.0453. The Morgan fingerprint density at radius 3 is 2.75 bits per heavy atom. The van der Waals surface area contributed by atoms with Gasteiger partial charge in [-0.25, -0.2) is 9.37 Å². The van der Waals surface area contributed by atoms with E-state index in [2.05, 4.69) is 15.4 Å². The fraction of sp³-hybridized carbons (Fsp3) is 0.467. The molecule has 0 aliphatic carbocycles. The number of halogens is 1. The molecule has 108 valence electrons. The molecule has 0 amide bonds. The summed E-state index contributed by atoms with van der Waals surface area (Å²) in [6.07, 6.45) is 2.27. The molecular formula is C15H21FN4. The van der Waals surface area contributed by atoms with Gasteiger partial charge >= 0.3 is 0 Å². The number of aryl methyl sites for hydroxylation is 2. The van der Waals surface area contributed by atoms with Crippen molar-refractivity contribution in [3.05, 3.63) is 47.3 Å². The van der Waals surface area contributed by atoms with Gasteiger partial charge in [-0.05, 0) is 43.7 Å². The highest BCUT2D eigenvalue weighted by molar-refractivity contribution is 5.27. The van der Waals surface area contributed by atoms with Crippen LogP contribution in [0.1, 0.15) is 36.8 Å². The maximum absolute atomic E-state index is 13.6. The van der Waals surface area contributed by atoms with Gasteiger partial charge in [0.25, 0.3) is 0 Å². The van der Waals surface area contributed by atoms with Crippen LogP contribution in [0.4, 0.5) is 4.39 Å². The van der Waals surface area contributed by atoms with Crippen molar-refractivity contribution < 1.29 is 4.39 Å². The highest BCUT2D eigenvalue weighted by Crippen LogP contribution is 2.20. The summed E-state index contributed by atoms with van der Waals surface area (Å²) in [7, 11) is 0. The quantitative estimate of drug-likeness (QED) is 0.882. The zero-order chi connectivity index (χ0) is 14.5. The average Bonchev–Trinajstić information content (AvgIpc) is 2.84. The number of nitrogens with zero attached hydrogens (tertiary/aromatic N) is 3. The van der Waals surface area contributed by atoms with Gasteiger partial charge in [0.15, 0.2) is 0 Å². The van der Waals surface area contributed by atoms with Crippen LogP contribution < -0.4 is 5.32 Å². The summed E-state index contributed by atoms with van der Waals surface area (Å²) in [5.41, 5.74) is 1.88. The van der Waals surface area contributed by atoms with E-state index in [-0.39, 0.29) is 11.9 Å². The first-order valence-corrected chi connectivity index (χ1v) is 7.01. The maximum atomic E-state index is 13.6. The van der Waals surface area contributed by atoms with E-state index in [0.29, 0.717) is 6.42 Å². The molecule has 0 fully saturated rings. The van der Waals surface area contributed by atoms with Crippen molar-refractivity contribution in [1.29, 1.82) is 0 Å². The Morgan fingerprint density at radius 2 is 2.10 bits per heavy atom. The smallest absolute Gasteiger partial charge is 0.138 e. The molecule has 0 bridgehead atoms. The Hall–Kier alpha value is -1.75. The fourth-order valence-corrected chi connectivity index (χ4v) is 2.41. The van der Waals surface area contributed by atoms with Crippen molar-refractivity contribution in [3.8, 4) is 0 Å². The number of rotatable bonds is 6. The molecule has 1 unspecified atom stereocenters. The molecule has 0 aliphatic rings. The lowest BCUT2D eigenvalue weighted by atomic mass is 10.0. The standard InChI is InChI=1S/C15H21FN4/c1-4-17-14(9-15-18-10-19-20(15)5-2)12-6-11(3)7-13(16)8-12/h6-8,10,14,17H,4-5,9H2,1-3H3. The first-order valence-electron chi connectivity index (χ1n) is 7.01. The second kappa shape index (κ2) is 6.61. The molecule has 0 saturated carbocycles. The molecule has 0 saturated heterocycles. The molecule has 1 aromatic heterocycles. The van der Waals surface area contributed by atoms with E-state index in [0.717, 1.165) is 30.0 Å². The van der Waals surface area contributed by atoms with Crippen LogP contribution in [0, 0.1) is 12.7 Å². The van der Waals surface area contributed by atoms with E-state index in [1.165, 1.54) is 0 Å². The summed E-state index contributed by atoms with van der Waals surface area (Å²) in [6.45, 7) is 7.59. The fourth-order valence-electron chi connectivity index (χ4n) is 2.41. The molecule has 1 aromatic carbocycles. The van der Waals surface area contributed by atoms with Crippen molar-refractivity contribution in [2.45, 2.75) is 39.8 Å². The third-order valence-electron chi connectivity index (χ3n) is 3.30. The summed E-state index contributed by atoms with van der Waals surface area (Å²) >= 11 is 0. The minimum Gasteiger partial charge on any atom is -0.310 e. The van der Waals surface area contributed by atoms with Crippen LogP contribution in [0.5, 0.6) is 0 Å². The van der Waals surface area contributed by atoms with Crippen LogP contribution in [-0.2, 0) is 13.0 Å². The van der Waals surface area contributed by atoms with E-state index in [1.807, 2.05) is 31.5 Å². The summed E-state index contributed by atoms with van der Waals surface area (Å²) in [5.74, 6) is 0.722. The Kier molecular flexibility index (Phi) is 4.84. The zero-order valence-corrected chi connectivity index (χ0v) is 12.2. The lowest BCUT2D eigenvalue weighted by Gasteiger charge is -2.19. The van der Waals surface area contributed by atoms with E-state index < -0.39 is 0 Å². The van der Waals surface area contributed by atoms with Crippen molar-refractivity contribution in [2.75, 3.05) is 6.54 Å². The topological polar surface area (TPSA) is 42.7 Å². The Labute approximate surface area is 119 Å². The van der Waals surface area contributed by atoms with Gasteiger partial charge in [-0.15, -0.1) is 0 Å². The third kappa shape index (κ3) is 3.42. The first kappa shape index (κ1) is 14.7. The number of aromatic nitrogens is 3. The van der Waals surface area contributed by atoms with Crippen LogP contribution >= 0.6 is 0 Å². The van der Waals surface area contributed by atoms with Crippen molar-refractivity contribution in [2.24, 2.45) is 0 Å². The molecule has 20 heavy (non-hydrogen) atoms.